The standard InChI is InChI=1S/C12H18F2N2O3S/c1-9(15-6-7-16-20(2,17)18)10-4-3-5-11(8-10)19-12(13)14/h3-5,8-9,12,15-16H,6-7H2,1-2H3. The molecule has 20 heavy (non-hydrogen) atoms. The van der Waals surface area contributed by atoms with Crippen molar-refractivity contribution in [3.63, 3.8) is 0 Å². The van der Waals surface area contributed by atoms with Gasteiger partial charge in [-0.05, 0) is 24.6 Å². The molecule has 0 fully saturated rings. The lowest BCUT2D eigenvalue weighted by Gasteiger charge is -2.15. The Hall–Kier alpha value is -1.25. The largest absolute Gasteiger partial charge is 0.435 e. The Morgan fingerprint density at radius 3 is 2.60 bits per heavy atom. The van der Waals surface area contributed by atoms with Gasteiger partial charge >= 0.3 is 6.61 Å². The van der Waals surface area contributed by atoms with Gasteiger partial charge in [-0.25, -0.2) is 13.1 Å². The summed E-state index contributed by atoms with van der Waals surface area (Å²) in [6.07, 6.45) is 1.08. The van der Waals surface area contributed by atoms with Crippen molar-refractivity contribution in [3.05, 3.63) is 29.8 Å². The van der Waals surface area contributed by atoms with E-state index in [0.717, 1.165) is 11.8 Å². The number of hydrogen-bond donors (Lipinski definition) is 2. The Balaban J connectivity index is 2.48. The highest BCUT2D eigenvalue weighted by Crippen LogP contribution is 2.20. The molecule has 8 heteroatoms. The van der Waals surface area contributed by atoms with Crippen molar-refractivity contribution in [2.24, 2.45) is 0 Å². The average molecular weight is 308 g/mol. The number of alkyl halides is 2. The summed E-state index contributed by atoms with van der Waals surface area (Å²) < 4.78 is 52.6. The Labute approximate surface area is 117 Å². The van der Waals surface area contributed by atoms with Gasteiger partial charge in [0.2, 0.25) is 10.0 Å². The minimum Gasteiger partial charge on any atom is -0.435 e. The van der Waals surface area contributed by atoms with Gasteiger partial charge in [-0.2, -0.15) is 8.78 Å². The van der Waals surface area contributed by atoms with E-state index in [4.69, 9.17) is 0 Å². The lowest BCUT2D eigenvalue weighted by Crippen LogP contribution is -2.32. The third-order valence-electron chi connectivity index (χ3n) is 2.52. The highest BCUT2D eigenvalue weighted by atomic mass is 32.2. The quantitative estimate of drug-likeness (QED) is 0.714. The van der Waals surface area contributed by atoms with Gasteiger partial charge in [-0.1, -0.05) is 12.1 Å². The first-order chi connectivity index (χ1) is 9.28. The molecule has 0 spiro atoms. The smallest absolute Gasteiger partial charge is 0.387 e. The van der Waals surface area contributed by atoms with E-state index in [2.05, 4.69) is 14.8 Å². The SMILES string of the molecule is CC(NCCNS(C)(=O)=O)c1cccc(OC(F)F)c1. The van der Waals surface area contributed by atoms with Crippen LogP contribution in [-0.2, 0) is 10.0 Å². The second-order valence-electron chi connectivity index (χ2n) is 4.29. The van der Waals surface area contributed by atoms with Crippen LogP contribution in [0.25, 0.3) is 0 Å². The summed E-state index contributed by atoms with van der Waals surface area (Å²) in [5, 5.41) is 3.08. The Bertz CT molecular complexity index is 523. The molecule has 0 amide bonds. The van der Waals surface area contributed by atoms with Crippen LogP contribution in [0.15, 0.2) is 24.3 Å². The topological polar surface area (TPSA) is 67.4 Å². The second kappa shape index (κ2) is 7.51. The summed E-state index contributed by atoms with van der Waals surface area (Å²) in [4.78, 5) is 0. The van der Waals surface area contributed by atoms with Gasteiger partial charge < -0.3 is 10.1 Å². The minimum absolute atomic E-state index is 0.0976. The lowest BCUT2D eigenvalue weighted by molar-refractivity contribution is -0.0499. The molecule has 1 rings (SSSR count). The van der Waals surface area contributed by atoms with Crippen LogP contribution in [0.1, 0.15) is 18.5 Å². The van der Waals surface area contributed by atoms with E-state index in [0.29, 0.717) is 6.54 Å². The number of nitrogens with one attached hydrogen (secondary N) is 2. The van der Waals surface area contributed by atoms with Gasteiger partial charge in [0.15, 0.2) is 0 Å². The fourth-order valence-corrected chi connectivity index (χ4v) is 2.08. The fourth-order valence-electron chi connectivity index (χ4n) is 1.60. The van der Waals surface area contributed by atoms with Gasteiger partial charge in [0.1, 0.15) is 5.75 Å². The molecule has 1 aromatic rings. The number of rotatable bonds is 8. The molecule has 0 aliphatic rings. The maximum atomic E-state index is 12.1. The number of benzene rings is 1. The maximum absolute atomic E-state index is 12.1. The highest BCUT2D eigenvalue weighted by Gasteiger charge is 2.09. The summed E-state index contributed by atoms with van der Waals surface area (Å²) in [6.45, 7) is -0.320. The van der Waals surface area contributed by atoms with Crippen LogP contribution >= 0.6 is 0 Å². The maximum Gasteiger partial charge on any atom is 0.387 e. The van der Waals surface area contributed by atoms with Crippen LogP contribution in [0, 0.1) is 0 Å². The Morgan fingerprint density at radius 2 is 2.00 bits per heavy atom. The van der Waals surface area contributed by atoms with Crippen molar-refractivity contribution in [2.45, 2.75) is 19.6 Å². The fraction of sp³-hybridized carbons (Fsp3) is 0.500. The molecule has 1 aromatic carbocycles. The van der Waals surface area contributed by atoms with Crippen molar-refractivity contribution >= 4 is 10.0 Å². The summed E-state index contributed by atoms with van der Waals surface area (Å²) in [6, 6.07) is 6.26. The number of sulfonamides is 1. The number of hydrogen-bond acceptors (Lipinski definition) is 4. The van der Waals surface area contributed by atoms with Crippen molar-refractivity contribution in [2.75, 3.05) is 19.3 Å². The van der Waals surface area contributed by atoms with E-state index in [1.165, 1.54) is 12.1 Å². The third kappa shape index (κ3) is 6.78. The molecule has 0 saturated heterocycles. The first-order valence-electron chi connectivity index (χ1n) is 6.01. The Morgan fingerprint density at radius 1 is 1.30 bits per heavy atom. The molecular formula is C12H18F2N2O3S. The van der Waals surface area contributed by atoms with Gasteiger partial charge in [0, 0.05) is 19.1 Å². The van der Waals surface area contributed by atoms with E-state index in [1.54, 1.807) is 12.1 Å². The predicted octanol–water partition coefficient (Wildman–Crippen LogP) is 1.49. The van der Waals surface area contributed by atoms with Crippen molar-refractivity contribution in [1.29, 1.82) is 0 Å². The van der Waals surface area contributed by atoms with Gasteiger partial charge in [0.25, 0.3) is 0 Å². The van der Waals surface area contributed by atoms with Gasteiger partial charge in [0.05, 0.1) is 6.26 Å². The molecule has 0 bridgehead atoms. The van der Waals surface area contributed by atoms with Gasteiger partial charge in [-0.15, -0.1) is 0 Å². The van der Waals surface area contributed by atoms with Crippen LogP contribution in [0.5, 0.6) is 5.75 Å². The minimum atomic E-state index is -3.20. The monoisotopic (exact) mass is 308 g/mol. The molecule has 0 heterocycles. The third-order valence-corrected chi connectivity index (χ3v) is 3.25. The van der Waals surface area contributed by atoms with E-state index in [9.17, 15) is 17.2 Å². The zero-order valence-corrected chi connectivity index (χ0v) is 12.1. The van der Waals surface area contributed by atoms with Crippen LogP contribution in [0.2, 0.25) is 0 Å². The molecular weight excluding hydrogens is 290 g/mol. The van der Waals surface area contributed by atoms with E-state index < -0.39 is 16.6 Å². The van der Waals surface area contributed by atoms with Crippen molar-refractivity contribution < 1.29 is 21.9 Å². The van der Waals surface area contributed by atoms with E-state index in [-0.39, 0.29) is 18.3 Å². The van der Waals surface area contributed by atoms with Crippen molar-refractivity contribution in [3.8, 4) is 5.75 Å². The molecule has 0 aromatic heterocycles. The molecule has 2 N–H and O–H groups in total. The molecule has 1 atom stereocenters. The molecule has 0 aliphatic heterocycles. The molecule has 0 aliphatic carbocycles. The summed E-state index contributed by atoms with van der Waals surface area (Å²) >= 11 is 0. The predicted molar refractivity (Wildman–Crippen MR) is 72.3 cm³/mol. The highest BCUT2D eigenvalue weighted by molar-refractivity contribution is 7.88. The molecule has 5 nitrogen and oxygen atoms in total. The zero-order chi connectivity index (χ0) is 15.2. The first-order valence-corrected chi connectivity index (χ1v) is 7.90. The van der Waals surface area contributed by atoms with E-state index >= 15 is 0 Å². The molecule has 0 radical (unpaired) electrons. The first kappa shape index (κ1) is 16.8. The normalized spacial score (nSPS) is 13.4. The lowest BCUT2D eigenvalue weighted by atomic mass is 10.1. The summed E-state index contributed by atoms with van der Waals surface area (Å²) in [7, 11) is -3.20. The zero-order valence-electron chi connectivity index (χ0n) is 11.3. The summed E-state index contributed by atoms with van der Waals surface area (Å²) in [5.74, 6) is 0.0976. The molecule has 1 unspecified atom stereocenters. The summed E-state index contributed by atoms with van der Waals surface area (Å²) in [5.41, 5.74) is 0.780. The molecule has 0 saturated carbocycles. The van der Waals surface area contributed by atoms with Crippen LogP contribution < -0.4 is 14.8 Å². The molecule has 114 valence electrons. The van der Waals surface area contributed by atoms with Crippen LogP contribution in [0.3, 0.4) is 0 Å². The second-order valence-corrected chi connectivity index (χ2v) is 6.13. The average Bonchev–Trinajstić information content (AvgIpc) is 2.32. The van der Waals surface area contributed by atoms with E-state index in [1.807, 2.05) is 6.92 Å². The number of halogens is 2. The number of ether oxygens (including phenoxy) is 1. The van der Waals surface area contributed by atoms with Crippen LogP contribution in [-0.4, -0.2) is 34.4 Å². The van der Waals surface area contributed by atoms with Crippen molar-refractivity contribution in [1.82, 2.24) is 10.0 Å². The van der Waals surface area contributed by atoms with Crippen LogP contribution in [0.4, 0.5) is 8.78 Å². The Kier molecular flexibility index (Phi) is 6.31. The van der Waals surface area contributed by atoms with Gasteiger partial charge in [-0.3, -0.25) is 0 Å².